The van der Waals surface area contributed by atoms with Crippen molar-refractivity contribution in [2.24, 2.45) is 5.92 Å². The Labute approximate surface area is 169 Å². The van der Waals surface area contributed by atoms with Crippen LogP contribution in [0, 0.1) is 17.8 Å². The third-order valence-electron chi connectivity index (χ3n) is 6.53. The van der Waals surface area contributed by atoms with Gasteiger partial charge >= 0.3 is 0 Å². The van der Waals surface area contributed by atoms with Crippen LogP contribution in [0.5, 0.6) is 0 Å². The highest BCUT2D eigenvalue weighted by molar-refractivity contribution is 5.33. The van der Waals surface area contributed by atoms with Crippen LogP contribution in [0.15, 0.2) is 60.7 Å². The quantitative estimate of drug-likeness (QED) is 0.767. The van der Waals surface area contributed by atoms with E-state index in [0.29, 0.717) is 5.92 Å². The van der Waals surface area contributed by atoms with Crippen molar-refractivity contribution in [3.05, 3.63) is 71.8 Å². The molecule has 2 aromatic rings. The maximum Gasteiger partial charge on any atom is 0.153 e. The molecule has 0 bridgehead atoms. The van der Waals surface area contributed by atoms with Crippen molar-refractivity contribution in [3.8, 4) is 11.8 Å². The molecule has 2 aliphatic rings. The minimum atomic E-state index is -1.01. The number of likely N-dealkylation sites (tertiary alicyclic amines) is 1. The van der Waals surface area contributed by atoms with Crippen molar-refractivity contribution >= 4 is 0 Å². The second-order valence-corrected chi connectivity index (χ2v) is 8.40. The first-order valence-electron chi connectivity index (χ1n) is 10.8. The summed E-state index contributed by atoms with van der Waals surface area (Å²) in [4.78, 5) is 2.43. The van der Waals surface area contributed by atoms with Gasteiger partial charge in [-0.05, 0) is 42.9 Å². The van der Waals surface area contributed by atoms with Gasteiger partial charge in [-0.1, -0.05) is 91.8 Å². The summed E-state index contributed by atoms with van der Waals surface area (Å²) in [6.45, 7) is 2.89. The molecule has 2 heteroatoms. The van der Waals surface area contributed by atoms with Crippen LogP contribution in [0.1, 0.15) is 55.6 Å². The average molecular weight is 374 g/mol. The summed E-state index contributed by atoms with van der Waals surface area (Å²) >= 11 is 0. The van der Waals surface area contributed by atoms with Gasteiger partial charge in [0.1, 0.15) is 0 Å². The van der Waals surface area contributed by atoms with Crippen LogP contribution in [0.4, 0.5) is 0 Å². The molecular formula is C26H31NO. The maximum absolute atomic E-state index is 11.6. The summed E-state index contributed by atoms with van der Waals surface area (Å²) in [5, 5.41) is 11.6. The van der Waals surface area contributed by atoms with Gasteiger partial charge in [0, 0.05) is 12.5 Å². The Bertz CT molecular complexity index is 801. The van der Waals surface area contributed by atoms with E-state index in [1.165, 1.54) is 31.2 Å². The molecule has 1 N–H and O–H groups in total. The van der Waals surface area contributed by atoms with Gasteiger partial charge in [0.05, 0.1) is 6.54 Å². The van der Waals surface area contributed by atoms with Crippen LogP contribution in [-0.2, 0) is 5.60 Å². The zero-order valence-corrected chi connectivity index (χ0v) is 16.7. The predicted molar refractivity (Wildman–Crippen MR) is 115 cm³/mol. The molecule has 2 aromatic carbocycles. The molecular weight excluding hydrogens is 342 g/mol. The van der Waals surface area contributed by atoms with Crippen LogP contribution < -0.4 is 0 Å². The van der Waals surface area contributed by atoms with Gasteiger partial charge in [0.25, 0.3) is 0 Å². The fourth-order valence-corrected chi connectivity index (χ4v) is 4.88. The summed E-state index contributed by atoms with van der Waals surface area (Å²) in [6.07, 6.45) is 7.01. The number of hydrogen-bond acceptors (Lipinski definition) is 2. The molecule has 0 spiro atoms. The molecule has 1 heterocycles. The number of hydrogen-bond donors (Lipinski definition) is 1. The van der Waals surface area contributed by atoms with Crippen molar-refractivity contribution in [2.45, 2.75) is 50.0 Å². The van der Waals surface area contributed by atoms with Crippen molar-refractivity contribution in [2.75, 3.05) is 19.6 Å². The van der Waals surface area contributed by atoms with E-state index >= 15 is 0 Å². The van der Waals surface area contributed by atoms with E-state index in [2.05, 4.69) is 47.1 Å². The molecule has 2 fully saturated rings. The summed E-state index contributed by atoms with van der Waals surface area (Å²) < 4.78 is 0. The first-order chi connectivity index (χ1) is 13.8. The van der Waals surface area contributed by atoms with Gasteiger partial charge < -0.3 is 5.11 Å². The van der Waals surface area contributed by atoms with Gasteiger partial charge in [-0.3, -0.25) is 4.90 Å². The number of rotatable bonds is 4. The Morgan fingerprint density at radius 3 is 2.29 bits per heavy atom. The minimum absolute atomic E-state index is 0.242. The maximum atomic E-state index is 11.6. The van der Waals surface area contributed by atoms with Crippen molar-refractivity contribution in [3.63, 3.8) is 0 Å². The second-order valence-electron chi connectivity index (χ2n) is 8.40. The van der Waals surface area contributed by atoms with Gasteiger partial charge in [0.2, 0.25) is 0 Å². The highest BCUT2D eigenvalue weighted by Gasteiger charge is 2.37. The fourth-order valence-electron chi connectivity index (χ4n) is 4.88. The van der Waals surface area contributed by atoms with Gasteiger partial charge in [-0.2, -0.15) is 0 Å². The third-order valence-corrected chi connectivity index (χ3v) is 6.53. The molecule has 0 radical (unpaired) electrons. The monoisotopic (exact) mass is 373 g/mol. The molecule has 4 rings (SSSR count). The van der Waals surface area contributed by atoms with Crippen LogP contribution in [0.2, 0.25) is 0 Å². The number of aliphatic hydroxyl groups is 1. The molecule has 1 saturated carbocycles. The summed E-state index contributed by atoms with van der Waals surface area (Å²) in [7, 11) is 0. The Morgan fingerprint density at radius 2 is 1.57 bits per heavy atom. The summed E-state index contributed by atoms with van der Waals surface area (Å²) in [6, 6.07) is 20.9. The van der Waals surface area contributed by atoms with E-state index in [0.717, 1.165) is 38.0 Å². The van der Waals surface area contributed by atoms with E-state index in [1.54, 1.807) is 0 Å². The Hall–Kier alpha value is -2.08. The molecule has 0 amide bonds. The smallest absolute Gasteiger partial charge is 0.153 e. The van der Waals surface area contributed by atoms with Crippen molar-refractivity contribution in [1.82, 2.24) is 4.90 Å². The SMILES string of the molecule is OC(C#CCN1CCC(c2ccccc2)C1)(c1ccccc1)C1CCCCC1. The highest BCUT2D eigenvalue weighted by Crippen LogP contribution is 2.39. The lowest BCUT2D eigenvalue weighted by Gasteiger charge is -2.35. The zero-order chi connectivity index (χ0) is 19.2. The van der Waals surface area contributed by atoms with E-state index in [1.807, 2.05) is 30.3 Å². The molecule has 0 aromatic heterocycles. The Kier molecular flexibility index (Phi) is 6.15. The normalized spacial score (nSPS) is 23.0. The lowest BCUT2D eigenvalue weighted by molar-refractivity contribution is 0.0158. The Morgan fingerprint density at radius 1 is 0.893 bits per heavy atom. The van der Waals surface area contributed by atoms with E-state index in [4.69, 9.17) is 0 Å². The summed E-state index contributed by atoms with van der Waals surface area (Å²) in [5.74, 6) is 7.54. The molecule has 1 saturated heterocycles. The van der Waals surface area contributed by atoms with Gasteiger partial charge in [0.15, 0.2) is 5.60 Å². The van der Waals surface area contributed by atoms with E-state index in [9.17, 15) is 5.11 Å². The fraction of sp³-hybridized carbons (Fsp3) is 0.462. The summed E-state index contributed by atoms with van der Waals surface area (Å²) in [5.41, 5.74) is 1.37. The molecule has 2 unspecified atom stereocenters. The molecule has 1 aliphatic carbocycles. The van der Waals surface area contributed by atoms with Crippen LogP contribution in [-0.4, -0.2) is 29.6 Å². The van der Waals surface area contributed by atoms with Crippen molar-refractivity contribution < 1.29 is 5.11 Å². The van der Waals surface area contributed by atoms with E-state index < -0.39 is 5.60 Å². The predicted octanol–water partition coefficient (Wildman–Crippen LogP) is 4.95. The molecule has 1 aliphatic heterocycles. The first kappa shape index (κ1) is 19.2. The first-order valence-corrected chi connectivity index (χ1v) is 10.8. The molecule has 2 atom stereocenters. The van der Waals surface area contributed by atoms with Crippen LogP contribution >= 0.6 is 0 Å². The van der Waals surface area contributed by atoms with Crippen LogP contribution in [0.25, 0.3) is 0 Å². The minimum Gasteiger partial charge on any atom is -0.373 e. The molecule has 146 valence electrons. The molecule has 28 heavy (non-hydrogen) atoms. The third kappa shape index (κ3) is 4.32. The lowest BCUT2D eigenvalue weighted by atomic mass is 9.73. The zero-order valence-electron chi connectivity index (χ0n) is 16.7. The average Bonchev–Trinajstić information content (AvgIpc) is 3.24. The second kappa shape index (κ2) is 8.95. The Balaban J connectivity index is 1.46. The number of benzene rings is 2. The standard InChI is InChI=1S/C26H31NO/c28-26(24-13-6-2-7-14-24,25-15-8-3-9-16-25)18-10-19-27-20-17-23(21-27)22-11-4-1-5-12-22/h1-2,4-7,11-14,23,25,28H,3,8-9,15-17,19-21H2. The lowest BCUT2D eigenvalue weighted by Crippen LogP contribution is -2.35. The number of nitrogens with zero attached hydrogens (tertiary/aromatic N) is 1. The van der Waals surface area contributed by atoms with E-state index in [-0.39, 0.29) is 5.92 Å². The highest BCUT2D eigenvalue weighted by atomic mass is 16.3. The van der Waals surface area contributed by atoms with Gasteiger partial charge in [-0.15, -0.1) is 0 Å². The van der Waals surface area contributed by atoms with Crippen molar-refractivity contribution in [1.29, 1.82) is 0 Å². The topological polar surface area (TPSA) is 23.5 Å². The van der Waals surface area contributed by atoms with Gasteiger partial charge in [-0.25, -0.2) is 0 Å². The largest absolute Gasteiger partial charge is 0.373 e. The molecule has 2 nitrogen and oxygen atoms in total. The van der Waals surface area contributed by atoms with Crippen LogP contribution in [0.3, 0.4) is 0 Å².